The molecule has 0 spiro atoms. The molecule has 6 heteroatoms. The van der Waals surface area contributed by atoms with Crippen molar-refractivity contribution >= 4 is 11.8 Å². The normalized spacial score (nSPS) is 16.5. The maximum atomic E-state index is 9.45. The lowest BCUT2D eigenvalue weighted by atomic mass is 10.1. The van der Waals surface area contributed by atoms with Crippen molar-refractivity contribution in [2.24, 2.45) is 0 Å². The molecule has 1 fully saturated rings. The molecule has 0 saturated heterocycles. The number of hydrogen-bond donors (Lipinski definition) is 0. The molecular weight excluding hydrogens is 294 g/mol. The van der Waals surface area contributed by atoms with Gasteiger partial charge in [0.05, 0.1) is 12.1 Å². The van der Waals surface area contributed by atoms with Crippen LogP contribution in [0.2, 0.25) is 0 Å². The fraction of sp³-hybridized carbons (Fsp3) is 0.500. The Morgan fingerprint density at radius 1 is 1.32 bits per heavy atom. The van der Waals surface area contributed by atoms with Crippen LogP contribution in [0, 0.1) is 18.3 Å². The van der Waals surface area contributed by atoms with E-state index < -0.39 is 0 Å². The Bertz CT molecular complexity index is 652. The first-order valence-corrected chi connectivity index (χ1v) is 8.54. The highest BCUT2D eigenvalue weighted by molar-refractivity contribution is 8.00. The summed E-state index contributed by atoms with van der Waals surface area (Å²) in [6.45, 7) is 2.07. The highest BCUT2D eigenvalue weighted by Gasteiger charge is 2.23. The van der Waals surface area contributed by atoms with Gasteiger partial charge in [0, 0.05) is 0 Å². The van der Waals surface area contributed by atoms with Gasteiger partial charge in [-0.3, -0.25) is 0 Å². The SMILES string of the molecule is Cc1ccc(CC(C#N)Sc2nnnn2C2CCCC2)cc1. The zero-order valence-corrected chi connectivity index (χ0v) is 13.5. The highest BCUT2D eigenvalue weighted by Crippen LogP contribution is 2.33. The van der Waals surface area contributed by atoms with Crippen LogP contribution >= 0.6 is 11.8 Å². The van der Waals surface area contributed by atoms with E-state index in [0.29, 0.717) is 12.5 Å². The van der Waals surface area contributed by atoms with Gasteiger partial charge in [0.15, 0.2) is 0 Å². The summed E-state index contributed by atoms with van der Waals surface area (Å²) in [7, 11) is 0. The number of thioether (sulfide) groups is 1. The fourth-order valence-corrected chi connectivity index (χ4v) is 3.78. The monoisotopic (exact) mass is 313 g/mol. The molecule has 1 heterocycles. The van der Waals surface area contributed by atoms with Gasteiger partial charge in [-0.2, -0.15) is 5.26 Å². The lowest BCUT2D eigenvalue weighted by Gasteiger charge is -2.13. The van der Waals surface area contributed by atoms with Gasteiger partial charge in [-0.15, -0.1) is 5.10 Å². The van der Waals surface area contributed by atoms with Gasteiger partial charge in [0.2, 0.25) is 5.16 Å². The molecule has 0 N–H and O–H groups in total. The molecule has 2 aromatic rings. The highest BCUT2D eigenvalue weighted by atomic mass is 32.2. The molecule has 1 aromatic heterocycles. The Kier molecular flexibility index (Phi) is 4.74. The minimum Gasteiger partial charge on any atom is -0.217 e. The molecule has 0 aliphatic heterocycles. The van der Waals surface area contributed by atoms with E-state index in [1.54, 1.807) is 0 Å². The summed E-state index contributed by atoms with van der Waals surface area (Å²) >= 11 is 1.47. The van der Waals surface area contributed by atoms with E-state index in [1.165, 1.54) is 35.7 Å². The van der Waals surface area contributed by atoms with Gasteiger partial charge in [0.25, 0.3) is 0 Å². The second-order valence-electron chi connectivity index (χ2n) is 5.77. The molecule has 0 bridgehead atoms. The maximum Gasteiger partial charge on any atom is 0.210 e. The smallest absolute Gasteiger partial charge is 0.210 e. The average Bonchev–Trinajstić information content (AvgIpc) is 3.19. The van der Waals surface area contributed by atoms with Crippen molar-refractivity contribution in [1.82, 2.24) is 20.2 Å². The van der Waals surface area contributed by atoms with E-state index in [4.69, 9.17) is 0 Å². The van der Waals surface area contributed by atoms with E-state index in [1.807, 2.05) is 4.68 Å². The van der Waals surface area contributed by atoms with Crippen molar-refractivity contribution in [2.45, 2.75) is 55.5 Å². The van der Waals surface area contributed by atoms with E-state index in [0.717, 1.165) is 18.0 Å². The van der Waals surface area contributed by atoms with Crippen molar-refractivity contribution in [3.63, 3.8) is 0 Å². The van der Waals surface area contributed by atoms with Gasteiger partial charge in [0.1, 0.15) is 5.25 Å². The average molecular weight is 313 g/mol. The van der Waals surface area contributed by atoms with Crippen molar-refractivity contribution in [2.75, 3.05) is 0 Å². The minimum atomic E-state index is -0.172. The number of hydrogen-bond acceptors (Lipinski definition) is 5. The second kappa shape index (κ2) is 6.93. The number of benzene rings is 1. The molecular formula is C16H19N5S. The van der Waals surface area contributed by atoms with Crippen LogP contribution in [0.4, 0.5) is 0 Å². The molecule has 5 nitrogen and oxygen atoms in total. The van der Waals surface area contributed by atoms with E-state index in [2.05, 4.69) is 52.8 Å². The molecule has 3 rings (SSSR count). The molecule has 22 heavy (non-hydrogen) atoms. The number of aromatic nitrogens is 4. The zero-order valence-electron chi connectivity index (χ0n) is 12.6. The quantitative estimate of drug-likeness (QED) is 0.792. The van der Waals surface area contributed by atoms with Crippen molar-refractivity contribution in [3.8, 4) is 6.07 Å². The van der Waals surface area contributed by atoms with Crippen molar-refractivity contribution in [1.29, 1.82) is 5.26 Å². The second-order valence-corrected chi connectivity index (χ2v) is 6.94. The van der Waals surface area contributed by atoms with Crippen LogP contribution in [0.15, 0.2) is 29.4 Å². The first-order valence-electron chi connectivity index (χ1n) is 7.66. The molecule has 1 saturated carbocycles. The largest absolute Gasteiger partial charge is 0.217 e. The van der Waals surface area contributed by atoms with Crippen LogP contribution in [0.25, 0.3) is 0 Å². The molecule has 114 valence electrons. The van der Waals surface area contributed by atoms with Gasteiger partial charge >= 0.3 is 0 Å². The number of rotatable bonds is 5. The van der Waals surface area contributed by atoms with Gasteiger partial charge < -0.3 is 0 Å². The van der Waals surface area contributed by atoms with Gasteiger partial charge in [-0.05, 0) is 42.2 Å². The Morgan fingerprint density at radius 2 is 2.05 bits per heavy atom. The first kappa shape index (κ1) is 15.0. The predicted molar refractivity (Wildman–Crippen MR) is 85.5 cm³/mol. The molecule has 0 amide bonds. The summed E-state index contributed by atoms with van der Waals surface area (Å²) in [6, 6.07) is 11.1. The zero-order chi connectivity index (χ0) is 15.4. The van der Waals surface area contributed by atoms with Gasteiger partial charge in [-0.25, -0.2) is 4.68 Å². The van der Waals surface area contributed by atoms with Crippen LogP contribution in [0.5, 0.6) is 0 Å². The van der Waals surface area contributed by atoms with Crippen LogP contribution in [-0.2, 0) is 6.42 Å². The summed E-state index contributed by atoms with van der Waals surface area (Å²) in [5.41, 5.74) is 2.40. The Morgan fingerprint density at radius 3 is 2.73 bits per heavy atom. The Labute approximate surface area is 134 Å². The number of nitrogens with zero attached hydrogens (tertiary/aromatic N) is 5. The summed E-state index contributed by atoms with van der Waals surface area (Å²) in [5, 5.41) is 22.1. The lowest BCUT2D eigenvalue weighted by Crippen LogP contribution is -2.11. The third-order valence-corrected chi connectivity index (χ3v) is 5.10. The molecule has 1 aromatic carbocycles. The molecule has 1 aliphatic carbocycles. The Hall–Kier alpha value is -1.87. The van der Waals surface area contributed by atoms with E-state index in [-0.39, 0.29) is 5.25 Å². The van der Waals surface area contributed by atoms with E-state index in [9.17, 15) is 5.26 Å². The summed E-state index contributed by atoms with van der Waals surface area (Å²) < 4.78 is 1.91. The van der Waals surface area contributed by atoms with Crippen molar-refractivity contribution in [3.05, 3.63) is 35.4 Å². The molecule has 1 unspecified atom stereocenters. The van der Waals surface area contributed by atoms with Crippen LogP contribution in [0.3, 0.4) is 0 Å². The fourth-order valence-electron chi connectivity index (χ4n) is 2.82. The molecule has 1 atom stereocenters. The van der Waals surface area contributed by atoms with Crippen LogP contribution in [0.1, 0.15) is 42.9 Å². The van der Waals surface area contributed by atoms with E-state index >= 15 is 0 Å². The van der Waals surface area contributed by atoms with Crippen molar-refractivity contribution < 1.29 is 0 Å². The topological polar surface area (TPSA) is 67.4 Å². The standard InChI is InChI=1S/C16H19N5S/c1-12-6-8-13(9-7-12)10-15(11-17)22-16-18-19-20-21(16)14-4-2-3-5-14/h6-9,14-15H,2-5,10H2,1H3. The summed E-state index contributed by atoms with van der Waals surface area (Å²) in [4.78, 5) is 0. The minimum absolute atomic E-state index is 0.172. The first-order chi connectivity index (χ1) is 10.8. The van der Waals surface area contributed by atoms with Crippen LogP contribution < -0.4 is 0 Å². The third kappa shape index (κ3) is 3.47. The number of nitriles is 1. The van der Waals surface area contributed by atoms with Crippen LogP contribution in [-0.4, -0.2) is 25.5 Å². The maximum absolute atomic E-state index is 9.45. The molecule has 0 radical (unpaired) electrons. The summed E-state index contributed by atoms with van der Waals surface area (Å²) in [5.74, 6) is 0. The predicted octanol–water partition coefficient (Wildman–Crippen LogP) is 3.32. The number of tetrazole rings is 1. The third-order valence-electron chi connectivity index (χ3n) is 4.07. The molecule has 1 aliphatic rings. The Balaban J connectivity index is 1.69. The summed E-state index contributed by atoms with van der Waals surface area (Å²) in [6.07, 6.45) is 5.44. The number of aryl methyl sites for hydroxylation is 1. The lowest BCUT2D eigenvalue weighted by molar-refractivity contribution is 0.423. The van der Waals surface area contributed by atoms with Gasteiger partial charge in [-0.1, -0.05) is 54.4 Å².